The SMILES string of the molecule is C=C(C)C(=O)CC[N+](C)(C)Cc1ccccc1.[Cl-]. The highest BCUT2D eigenvalue weighted by Gasteiger charge is 2.17. The fraction of sp³-hybridized carbons (Fsp3) is 0.400. The van der Waals surface area contributed by atoms with E-state index in [2.05, 4.69) is 32.8 Å². The lowest BCUT2D eigenvalue weighted by Gasteiger charge is -2.29. The Morgan fingerprint density at radius 2 is 1.78 bits per heavy atom. The first-order chi connectivity index (χ1) is 7.91. The van der Waals surface area contributed by atoms with Gasteiger partial charge in [-0.3, -0.25) is 4.79 Å². The van der Waals surface area contributed by atoms with Crippen LogP contribution in [0.25, 0.3) is 0 Å². The monoisotopic (exact) mass is 267 g/mol. The van der Waals surface area contributed by atoms with Gasteiger partial charge in [0.1, 0.15) is 6.54 Å². The number of quaternary nitrogens is 1. The van der Waals surface area contributed by atoms with Crippen molar-refractivity contribution < 1.29 is 21.7 Å². The zero-order valence-electron chi connectivity index (χ0n) is 11.4. The highest BCUT2D eigenvalue weighted by Crippen LogP contribution is 2.10. The lowest BCUT2D eigenvalue weighted by atomic mass is 10.1. The molecule has 0 atom stereocenters. The predicted molar refractivity (Wildman–Crippen MR) is 71.6 cm³/mol. The third kappa shape index (κ3) is 5.99. The van der Waals surface area contributed by atoms with Crippen LogP contribution in [0, 0.1) is 0 Å². The molecule has 0 bridgehead atoms. The van der Waals surface area contributed by atoms with Crippen LogP contribution in [0.5, 0.6) is 0 Å². The Morgan fingerprint density at radius 3 is 2.28 bits per heavy atom. The maximum absolute atomic E-state index is 11.5. The Kier molecular flexibility index (Phi) is 6.89. The number of ketones is 1. The molecule has 0 saturated carbocycles. The highest BCUT2D eigenvalue weighted by atomic mass is 35.5. The van der Waals surface area contributed by atoms with Crippen molar-refractivity contribution in [3.05, 3.63) is 48.0 Å². The Labute approximate surface area is 116 Å². The maximum Gasteiger partial charge on any atom is 0.163 e. The molecule has 0 saturated heterocycles. The van der Waals surface area contributed by atoms with Crippen molar-refractivity contribution in [2.24, 2.45) is 0 Å². The van der Waals surface area contributed by atoms with E-state index in [-0.39, 0.29) is 18.2 Å². The Hall–Kier alpha value is -1.12. The summed E-state index contributed by atoms with van der Waals surface area (Å²) in [6.07, 6.45) is 0.579. The third-order valence-corrected chi connectivity index (χ3v) is 2.87. The van der Waals surface area contributed by atoms with Crippen molar-refractivity contribution in [1.82, 2.24) is 0 Å². The lowest BCUT2D eigenvalue weighted by molar-refractivity contribution is -0.903. The Morgan fingerprint density at radius 1 is 1.22 bits per heavy atom. The molecule has 0 amide bonds. The van der Waals surface area contributed by atoms with Crippen molar-refractivity contribution in [2.45, 2.75) is 19.9 Å². The minimum absolute atomic E-state index is 0. The van der Waals surface area contributed by atoms with Gasteiger partial charge < -0.3 is 16.9 Å². The normalized spacial score (nSPS) is 10.6. The molecule has 0 unspecified atom stereocenters. The summed E-state index contributed by atoms with van der Waals surface area (Å²) in [7, 11) is 4.30. The van der Waals surface area contributed by atoms with Gasteiger partial charge in [0, 0.05) is 5.56 Å². The van der Waals surface area contributed by atoms with Gasteiger partial charge >= 0.3 is 0 Å². The van der Waals surface area contributed by atoms with Crippen LogP contribution < -0.4 is 12.4 Å². The van der Waals surface area contributed by atoms with Crippen LogP contribution in [0.4, 0.5) is 0 Å². The lowest BCUT2D eigenvalue weighted by Crippen LogP contribution is -3.00. The number of carbonyl (C=O) groups excluding carboxylic acids is 1. The number of nitrogens with zero attached hydrogens (tertiary/aromatic N) is 1. The van der Waals surface area contributed by atoms with Gasteiger partial charge in [-0.2, -0.15) is 0 Å². The average Bonchev–Trinajstić information content (AvgIpc) is 2.26. The second-order valence-electron chi connectivity index (χ2n) is 5.26. The summed E-state index contributed by atoms with van der Waals surface area (Å²) < 4.78 is 0.822. The first-order valence-corrected chi connectivity index (χ1v) is 5.95. The zero-order chi connectivity index (χ0) is 12.9. The van der Waals surface area contributed by atoms with Gasteiger partial charge in [0.15, 0.2) is 5.78 Å². The molecule has 3 heteroatoms. The van der Waals surface area contributed by atoms with E-state index in [1.165, 1.54) is 5.56 Å². The van der Waals surface area contributed by atoms with E-state index in [0.29, 0.717) is 12.0 Å². The first-order valence-electron chi connectivity index (χ1n) is 5.95. The second kappa shape index (κ2) is 7.34. The summed E-state index contributed by atoms with van der Waals surface area (Å²) in [5.41, 5.74) is 1.96. The quantitative estimate of drug-likeness (QED) is 0.516. The van der Waals surface area contributed by atoms with Crippen LogP contribution in [0.15, 0.2) is 42.5 Å². The molecule has 0 aliphatic carbocycles. The molecular weight excluding hydrogens is 246 g/mol. The Balaban J connectivity index is 0.00000289. The summed E-state index contributed by atoms with van der Waals surface area (Å²) >= 11 is 0. The van der Waals surface area contributed by atoms with E-state index in [0.717, 1.165) is 17.6 Å². The maximum atomic E-state index is 11.5. The third-order valence-electron chi connectivity index (χ3n) is 2.87. The van der Waals surface area contributed by atoms with Crippen molar-refractivity contribution in [1.29, 1.82) is 0 Å². The van der Waals surface area contributed by atoms with E-state index < -0.39 is 0 Å². The number of allylic oxidation sites excluding steroid dienone is 1. The van der Waals surface area contributed by atoms with E-state index in [1.54, 1.807) is 6.92 Å². The number of hydrogen-bond acceptors (Lipinski definition) is 1. The molecule has 0 spiro atoms. The van der Waals surface area contributed by atoms with Crippen LogP contribution in [0.3, 0.4) is 0 Å². The minimum atomic E-state index is 0. The zero-order valence-corrected chi connectivity index (χ0v) is 12.2. The fourth-order valence-corrected chi connectivity index (χ4v) is 1.77. The van der Waals surface area contributed by atoms with Crippen molar-refractivity contribution in [2.75, 3.05) is 20.6 Å². The molecule has 1 rings (SSSR count). The molecule has 0 aliphatic heterocycles. The molecule has 1 aromatic carbocycles. The van der Waals surface area contributed by atoms with Gasteiger partial charge in [-0.15, -0.1) is 0 Å². The average molecular weight is 268 g/mol. The molecule has 2 nitrogen and oxygen atoms in total. The summed E-state index contributed by atoms with van der Waals surface area (Å²) in [6, 6.07) is 10.4. The highest BCUT2D eigenvalue weighted by molar-refractivity contribution is 5.94. The molecule has 0 N–H and O–H groups in total. The molecule has 0 aliphatic rings. The molecule has 0 fully saturated rings. The summed E-state index contributed by atoms with van der Waals surface area (Å²) in [5.74, 6) is 0.171. The van der Waals surface area contributed by atoms with Crippen LogP contribution in [0.2, 0.25) is 0 Å². The van der Waals surface area contributed by atoms with E-state index in [9.17, 15) is 4.79 Å². The van der Waals surface area contributed by atoms with Gasteiger partial charge in [-0.05, 0) is 12.5 Å². The number of Topliss-reactive ketones (excluding diaryl/α,β-unsaturated/α-hetero) is 1. The summed E-state index contributed by atoms with van der Waals surface area (Å²) in [4.78, 5) is 11.5. The molecule has 0 radical (unpaired) electrons. The number of carbonyl (C=O) groups is 1. The molecular formula is C15H22ClNO. The van der Waals surface area contributed by atoms with E-state index in [4.69, 9.17) is 0 Å². The fourth-order valence-electron chi connectivity index (χ4n) is 1.77. The minimum Gasteiger partial charge on any atom is -1.00 e. The number of rotatable bonds is 6. The predicted octanol–water partition coefficient (Wildman–Crippen LogP) is -0.198. The van der Waals surface area contributed by atoms with Crippen molar-refractivity contribution in [3.8, 4) is 0 Å². The van der Waals surface area contributed by atoms with Crippen LogP contribution in [-0.4, -0.2) is 30.9 Å². The number of hydrogen-bond donors (Lipinski definition) is 0. The van der Waals surface area contributed by atoms with Gasteiger partial charge in [-0.25, -0.2) is 0 Å². The molecule has 1 aromatic rings. The van der Waals surface area contributed by atoms with Gasteiger partial charge in [0.25, 0.3) is 0 Å². The summed E-state index contributed by atoms with van der Waals surface area (Å²) in [5, 5.41) is 0. The smallest absolute Gasteiger partial charge is 0.163 e. The Bertz CT molecular complexity index is 398. The first kappa shape index (κ1) is 16.9. The number of benzene rings is 1. The van der Waals surface area contributed by atoms with Gasteiger partial charge in [0.05, 0.1) is 27.1 Å². The van der Waals surface area contributed by atoms with Crippen molar-refractivity contribution >= 4 is 5.78 Å². The summed E-state index contributed by atoms with van der Waals surface area (Å²) in [6.45, 7) is 7.26. The van der Waals surface area contributed by atoms with Gasteiger partial charge in [-0.1, -0.05) is 36.9 Å². The topological polar surface area (TPSA) is 17.1 Å². The van der Waals surface area contributed by atoms with Crippen molar-refractivity contribution in [3.63, 3.8) is 0 Å². The van der Waals surface area contributed by atoms with E-state index in [1.807, 2.05) is 18.2 Å². The second-order valence-corrected chi connectivity index (χ2v) is 5.26. The largest absolute Gasteiger partial charge is 1.00 e. The van der Waals surface area contributed by atoms with Crippen LogP contribution in [0.1, 0.15) is 18.9 Å². The van der Waals surface area contributed by atoms with Crippen LogP contribution >= 0.6 is 0 Å². The molecule has 0 heterocycles. The van der Waals surface area contributed by atoms with Crippen LogP contribution in [-0.2, 0) is 11.3 Å². The molecule has 0 aromatic heterocycles. The standard InChI is InChI=1S/C15H22NO.ClH/c1-13(2)15(17)10-11-16(3,4)12-14-8-6-5-7-9-14;/h5-9H,1,10-12H2,2-4H3;1H/q+1;/p-1. The molecule has 100 valence electrons. The van der Waals surface area contributed by atoms with Gasteiger partial charge in [0.2, 0.25) is 0 Å². The van der Waals surface area contributed by atoms with E-state index >= 15 is 0 Å². The number of halogens is 1. The molecule has 18 heavy (non-hydrogen) atoms.